The van der Waals surface area contributed by atoms with Crippen LogP contribution < -0.4 is 64.1 Å². The van der Waals surface area contributed by atoms with E-state index in [2.05, 4.69) is 52.8 Å². The number of hydrogen-bond donors (Lipinski definition) is 15. The summed E-state index contributed by atoms with van der Waals surface area (Å²) in [6, 6.07) is 0.392. The standard InChI is InChI=1S/C54H75N13O15S/c1-7-25(4)44-51(79)58-18-41(72)61-37-23-83-53-33(32-15-31(12-13-34(32)64-53)82-22-28-8-10-29(11-9-28)60-46(74)27(6)59-50(78)43(56)24(2)3)16-35(47(75)57-19-42(73)65-44)62-52(80)45(26(5)39(70)21-68)66-49(77)38-14-30(69)20-67(38)54(81)36(17-40(55)71)63-48(37)76/h8-13,15,24-27,30,35-39,43-45,64,68-70H,7,14,16-23,56H2,1-6H3,(H2,55,71)(H,57,75)(H,58,79)(H,59,78)(H,60,74)(H,61,72)(H,62,80)(H,63,76)(H,65,73)(H,66,77)/t25-,26-,27-,30?,35?,36-,37?,38-,39-,43-,44-,45-/m0/s1. The summed E-state index contributed by atoms with van der Waals surface area (Å²) in [6.07, 6.45) is -4.23. The van der Waals surface area contributed by atoms with Gasteiger partial charge in [-0.15, -0.1) is 11.8 Å². The summed E-state index contributed by atoms with van der Waals surface area (Å²) in [5.74, 6) is -11.6. The lowest BCUT2D eigenvalue weighted by Gasteiger charge is -2.32. The fourth-order valence-electron chi connectivity index (χ4n) is 9.41. The number of anilines is 1. The van der Waals surface area contributed by atoms with Crippen LogP contribution in [-0.2, 0) is 65.8 Å². The minimum Gasteiger partial charge on any atom is -0.489 e. The largest absolute Gasteiger partial charge is 0.489 e. The van der Waals surface area contributed by atoms with Crippen LogP contribution in [0.4, 0.5) is 5.69 Å². The molecule has 3 aliphatic heterocycles. The number of nitrogens with zero attached hydrogens (tertiary/aromatic N) is 1. The number of H-pyrrole nitrogens is 1. The molecule has 3 aliphatic rings. The van der Waals surface area contributed by atoms with Crippen molar-refractivity contribution in [2.45, 2.75) is 139 Å². The maximum absolute atomic E-state index is 14.8. The van der Waals surface area contributed by atoms with Crippen molar-refractivity contribution >= 4 is 93.3 Å². The molecule has 6 rings (SSSR count). The average Bonchev–Trinajstić information content (AvgIpc) is 3.42. The number of thioether (sulfide) groups is 1. The lowest BCUT2D eigenvalue weighted by Crippen LogP contribution is -2.62. The van der Waals surface area contributed by atoms with Crippen molar-refractivity contribution in [1.29, 1.82) is 0 Å². The molecular weight excluding hydrogens is 1100 g/mol. The number of amides is 11. The van der Waals surface area contributed by atoms with Crippen LogP contribution in [0.15, 0.2) is 47.5 Å². The van der Waals surface area contributed by atoms with Gasteiger partial charge >= 0.3 is 0 Å². The number of hydrogen-bond acceptors (Lipinski definition) is 17. The fraction of sp³-hybridized carbons (Fsp3) is 0.537. The quantitative estimate of drug-likeness (QED) is 0.0698. The third-order valence-corrected chi connectivity index (χ3v) is 15.9. The van der Waals surface area contributed by atoms with E-state index in [9.17, 15) is 68.1 Å². The maximum atomic E-state index is 14.8. The molecule has 1 fully saturated rings. The Hall–Kier alpha value is -7.86. The predicted octanol–water partition coefficient (Wildman–Crippen LogP) is -3.64. The molecule has 4 heterocycles. The van der Waals surface area contributed by atoms with E-state index < -0.39 is 183 Å². The van der Waals surface area contributed by atoms with Gasteiger partial charge in [-0.05, 0) is 60.2 Å². The first-order valence-corrected chi connectivity index (χ1v) is 28.2. The highest BCUT2D eigenvalue weighted by Gasteiger charge is 2.45. The van der Waals surface area contributed by atoms with Crippen LogP contribution in [0, 0.1) is 17.8 Å². The molecule has 0 radical (unpaired) electrons. The number of rotatable bonds is 15. The van der Waals surface area contributed by atoms with Gasteiger partial charge in [0.1, 0.15) is 54.6 Å². The van der Waals surface area contributed by atoms with Crippen LogP contribution in [-0.4, -0.2) is 183 Å². The summed E-state index contributed by atoms with van der Waals surface area (Å²) in [6.45, 7) is 7.06. The number of nitrogens with one attached hydrogen (secondary N) is 10. The second-order valence-electron chi connectivity index (χ2n) is 21.4. The van der Waals surface area contributed by atoms with Gasteiger partial charge in [0.05, 0.1) is 49.4 Å². The Bertz CT molecular complexity index is 2920. The van der Waals surface area contributed by atoms with Crippen LogP contribution in [0.5, 0.6) is 5.75 Å². The van der Waals surface area contributed by atoms with Crippen molar-refractivity contribution in [1.82, 2.24) is 52.4 Å². The van der Waals surface area contributed by atoms with Crippen LogP contribution in [0.3, 0.4) is 0 Å². The molecule has 11 amide bonds. The molecule has 0 aliphatic carbocycles. The third-order valence-electron chi connectivity index (χ3n) is 14.8. The summed E-state index contributed by atoms with van der Waals surface area (Å²) in [4.78, 5) is 156. The second kappa shape index (κ2) is 28.9. The summed E-state index contributed by atoms with van der Waals surface area (Å²) < 4.78 is 6.24. The average molecular weight is 1180 g/mol. The molecule has 2 aromatic carbocycles. The lowest BCUT2D eigenvalue weighted by atomic mass is 9.93. The van der Waals surface area contributed by atoms with Crippen LogP contribution in [0.2, 0.25) is 0 Å². The smallest absolute Gasteiger partial charge is 0.246 e. The first kappa shape index (κ1) is 64.3. The molecule has 83 heavy (non-hydrogen) atoms. The molecule has 29 heteroatoms. The SMILES string of the molecule is CC[C@H](C)[C@@H]1NC(=O)CNC(=O)C2Cc3c([nH]c4ccc(OCc5ccc(NC(=O)[C@H](C)NC(=O)[C@@H](N)C(C)C)cc5)cc34)SCC(NC(=O)CNC1=O)C(=O)N[C@@H](CC(N)=O)C(=O)N1CC(O)C[C@H]1C(=O)N[C@@H]([C@@H](C)[C@@H](O)CO)C(=O)N2. The Morgan fingerprint density at radius 1 is 0.807 bits per heavy atom. The van der Waals surface area contributed by atoms with Crippen molar-refractivity contribution in [2.24, 2.45) is 29.2 Å². The van der Waals surface area contributed by atoms with Crippen molar-refractivity contribution in [3.8, 4) is 5.75 Å². The summed E-state index contributed by atoms with van der Waals surface area (Å²) in [7, 11) is 0. The molecule has 3 aromatic rings. The van der Waals surface area contributed by atoms with E-state index >= 15 is 0 Å². The molecule has 452 valence electrons. The number of carbonyl (C=O) groups excluding carboxylic acids is 11. The van der Waals surface area contributed by atoms with Gasteiger partial charge in [0.2, 0.25) is 65.0 Å². The third kappa shape index (κ3) is 16.9. The van der Waals surface area contributed by atoms with Gasteiger partial charge in [0, 0.05) is 47.6 Å². The number of nitrogens with two attached hydrogens (primary N) is 2. The first-order valence-electron chi connectivity index (χ1n) is 27.3. The zero-order chi connectivity index (χ0) is 61.0. The monoisotopic (exact) mass is 1180 g/mol. The molecule has 3 unspecified atom stereocenters. The highest BCUT2D eigenvalue weighted by molar-refractivity contribution is 7.99. The number of aliphatic hydroxyl groups excluding tert-OH is 3. The number of carbonyl (C=O) groups is 11. The van der Waals surface area contributed by atoms with Crippen LogP contribution in [0.1, 0.15) is 71.9 Å². The topological polar surface area (TPSA) is 437 Å². The number of primary amides is 1. The summed E-state index contributed by atoms with van der Waals surface area (Å²) in [5.41, 5.74) is 13.4. The Morgan fingerprint density at radius 2 is 1.48 bits per heavy atom. The highest BCUT2D eigenvalue weighted by atomic mass is 32.2. The normalized spacial score (nSPS) is 24.4. The van der Waals surface area contributed by atoms with Gasteiger partial charge < -0.3 is 89.3 Å². The molecule has 0 spiro atoms. The van der Waals surface area contributed by atoms with Crippen LogP contribution in [0.25, 0.3) is 10.9 Å². The Morgan fingerprint density at radius 3 is 2.13 bits per heavy atom. The van der Waals surface area contributed by atoms with Crippen molar-refractivity contribution in [2.75, 3.05) is 37.3 Å². The molecule has 17 N–H and O–H groups in total. The molecule has 2 bridgehead atoms. The minimum absolute atomic E-state index is 0.000443. The van der Waals surface area contributed by atoms with Crippen molar-refractivity contribution in [3.05, 3.63) is 53.6 Å². The zero-order valence-electron chi connectivity index (χ0n) is 46.9. The van der Waals surface area contributed by atoms with Gasteiger partial charge in [-0.2, -0.15) is 0 Å². The number of ether oxygens (including phenoxy) is 1. The Labute approximate surface area is 482 Å². The van der Waals surface area contributed by atoms with Gasteiger partial charge in [0.25, 0.3) is 0 Å². The number of aliphatic hydroxyl groups is 3. The van der Waals surface area contributed by atoms with E-state index in [4.69, 9.17) is 16.2 Å². The van der Waals surface area contributed by atoms with E-state index in [1.165, 1.54) is 13.8 Å². The van der Waals surface area contributed by atoms with Gasteiger partial charge in [-0.25, -0.2) is 0 Å². The minimum atomic E-state index is -1.78. The van der Waals surface area contributed by atoms with E-state index in [0.29, 0.717) is 39.9 Å². The number of aromatic amines is 1. The molecule has 28 nitrogen and oxygen atoms in total. The number of aromatic nitrogens is 1. The van der Waals surface area contributed by atoms with Gasteiger partial charge in [0.15, 0.2) is 0 Å². The second-order valence-corrected chi connectivity index (χ2v) is 22.4. The molecule has 1 aromatic heterocycles. The zero-order valence-corrected chi connectivity index (χ0v) is 47.7. The predicted molar refractivity (Wildman–Crippen MR) is 300 cm³/mol. The molecule has 1 saturated heterocycles. The van der Waals surface area contributed by atoms with E-state index in [-0.39, 0.29) is 23.3 Å². The molecular formula is C54H75N13O15S. The van der Waals surface area contributed by atoms with Gasteiger partial charge in [-0.1, -0.05) is 53.2 Å². The summed E-state index contributed by atoms with van der Waals surface area (Å²) in [5, 5.41) is 55.7. The first-order chi connectivity index (χ1) is 39.3. The number of fused-ring (bicyclic) bond motifs is 5. The highest BCUT2D eigenvalue weighted by Crippen LogP contribution is 2.34. The van der Waals surface area contributed by atoms with Crippen LogP contribution >= 0.6 is 11.8 Å². The maximum Gasteiger partial charge on any atom is 0.246 e. The van der Waals surface area contributed by atoms with Crippen molar-refractivity contribution < 1.29 is 72.8 Å². The summed E-state index contributed by atoms with van der Waals surface area (Å²) >= 11 is 0.956. The van der Waals surface area contributed by atoms with Gasteiger partial charge in [-0.3, -0.25) is 52.7 Å². The van der Waals surface area contributed by atoms with E-state index in [1.807, 2.05) is 0 Å². The fourth-order valence-corrected chi connectivity index (χ4v) is 10.5. The van der Waals surface area contributed by atoms with E-state index in [1.54, 1.807) is 70.2 Å². The van der Waals surface area contributed by atoms with E-state index in [0.717, 1.165) is 16.7 Å². The lowest BCUT2D eigenvalue weighted by molar-refractivity contribution is -0.144. The number of benzene rings is 2. The Balaban J connectivity index is 1.43. The Kier molecular flexibility index (Phi) is 22.4. The van der Waals surface area contributed by atoms with Crippen molar-refractivity contribution in [3.63, 3.8) is 0 Å². The molecule has 0 saturated carbocycles. The molecule has 12 atom stereocenters.